The summed E-state index contributed by atoms with van der Waals surface area (Å²) < 4.78 is 5.88. The third-order valence-corrected chi connectivity index (χ3v) is 6.75. The van der Waals surface area contributed by atoms with Crippen LogP contribution in [0.2, 0.25) is 5.02 Å². The van der Waals surface area contributed by atoms with Crippen LogP contribution in [0.25, 0.3) is 0 Å². The molecule has 5 nitrogen and oxygen atoms in total. The number of hydrogen-bond acceptors (Lipinski definition) is 4. The molecular weight excluding hydrogens is 388 g/mol. The van der Waals surface area contributed by atoms with E-state index in [4.69, 9.17) is 16.3 Å². The van der Waals surface area contributed by atoms with E-state index in [1.54, 1.807) is 0 Å². The van der Waals surface area contributed by atoms with Gasteiger partial charge >= 0.3 is 0 Å². The molecule has 3 rings (SSSR count). The van der Waals surface area contributed by atoms with Crippen LogP contribution in [0.15, 0.2) is 18.2 Å². The number of hydrogen-bond donors (Lipinski definition) is 1. The largest absolute Gasteiger partial charge is 0.489 e. The predicted octanol–water partition coefficient (Wildman–Crippen LogP) is 4.03. The Kier molecular flexibility index (Phi) is 7.47. The monoisotopic (exact) mass is 422 g/mol. The predicted molar refractivity (Wildman–Crippen MR) is 117 cm³/mol. The minimum atomic E-state index is -0.892. The molecule has 2 aliphatic heterocycles. The van der Waals surface area contributed by atoms with Gasteiger partial charge in [-0.1, -0.05) is 17.7 Å². The molecule has 2 saturated heterocycles. The Hall–Kier alpha value is -1.30. The highest BCUT2D eigenvalue weighted by Gasteiger charge is 2.34. The fourth-order valence-electron chi connectivity index (χ4n) is 4.66. The fourth-order valence-corrected chi connectivity index (χ4v) is 4.83. The second kappa shape index (κ2) is 9.67. The second-order valence-electron chi connectivity index (χ2n) is 9.01. The number of aliphatic hydroxyl groups is 1. The second-order valence-corrected chi connectivity index (χ2v) is 9.41. The molecule has 29 heavy (non-hydrogen) atoms. The Balaban J connectivity index is 1.54. The normalized spacial score (nSPS) is 28.8. The van der Waals surface area contributed by atoms with Crippen LogP contribution < -0.4 is 4.74 Å². The van der Waals surface area contributed by atoms with Gasteiger partial charge in [-0.25, -0.2) is 0 Å². The van der Waals surface area contributed by atoms with Crippen molar-refractivity contribution in [2.24, 2.45) is 0 Å². The van der Waals surface area contributed by atoms with Gasteiger partial charge < -0.3 is 14.7 Å². The average molecular weight is 423 g/mol. The average Bonchev–Trinajstić information content (AvgIpc) is 2.84. The molecule has 2 aliphatic rings. The molecule has 3 atom stereocenters. The number of amides is 1. The van der Waals surface area contributed by atoms with Gasteiger partial charge in [0.2, 0.25) is 5.91 Å². The van der Waals surface area contributed by atoms with Crippen LogP contribution >= 0.6 is 11.6 Å². The van der Waals surface area contributed by atoms with Crippen molar-refractivity contribution >= 4 is 17.5 Å². The summed E-state index contributed by atoms with van der Waals surface area (Å²) >= 11 is 6.21. The first-order valence-corrected chi connectivity index (χ1v) is 11.3. The SMILES string of the molecule is Cc1ccc(Cl)c(OCC2(O)CCCN(CC(=O)N3C(C)CCCC3C)CC2)c1. The van der Waals surface area contributed by atoms with Crippen molar-refractivity contribution < 1.29 is 14.6 Å². The van der Waals surface area contributed by atoms with E-state index in [0.29, 0.717) is 48.8 Å². The molecule has 3 unspecified atom stereocenters. The van der Waals surface area contributed by atoms with E-state index >= 15 is 0 Å². The Morgan fingerprint density at radius 1 is 1.21 bits per heavy atom. The molecule has 6 heteroatoms. The van der Waals surface area contributed by atoms with Gasteiger partial charge in [-0.2, -0.15) is 0 Å². The summed E-state index contributed by atoms with van der Waals surface area (Å²) in [4.78, 5) is 17.2. The smallest absolute Gasteiger partial charge is 0.237 e. The van der Waals surface area contributed by atoms with Crippen LogP contribution in [0, 0.1) is 6.92 Å². The zero-order chi connectivity index (χ0) is 21.0. The number of benzene rings is 1. The maximum absolute atomic E-state index is 12.9. The van der Waals surface area contributed by atoms with Crippen LogP contribution in [-0.2, 0) is 4.79 Å². The van der Waals surface area contributed by atoms with E-state index in [9.17, 15) is 9.90 Å². The fraction of sp³-hybridized carbons (Fsp3) is 0.696. The van der Waals surface area contributed by atoms with E-state index < -0.39 is 5.60 Å². The lowest BCUT2D eigenvalue weighted by Gasteiger charge is -2.40. The van der Waals surface area contributed by atoms with Crippen molar-refractivity contribution in [1.29, 1.82) is 0 Å². The van der Waals surface area contributed by atoms with Crippen molar-refractivity contribution in [3.8, 4) is 5.75 Å². The quantitative estimate of drug-likeness (QED) is 0.778. The molecule has 0 bridgehead atoms. The summed E-state index contributed by atoms with van der Waals surface area (Å²) in [6, 6.07) is 6.30. The molecule has 0 aliphatic carbocycles. The lowest BCUT2D eigenvalue weighted by Crippen LogP contribution is -2.51. The van der Waals surface area contributed by atoms with Crippen molar-refractivity contribution in [2.75, 3.05) is 26.2 Å². The Morgan fingerprint density at radius 2 is 1.93 bits per heavy atom. The Labute approximate surface area is 180 Å². The van der Waals surface area contributed by atoms with Crippen LogP contribution in [0.4, 0.5) is 0 Å². The van der Waals surface area contributed by atoms with Gasteiger partial charge in [-0.05, 0) is 83.5 Å². The lowest BCUT2D eigenvalue weighted by atomic mass is 9.96. The summed E-state index contributed by atoms with van der Waals surface area (Å²) in [5, 5.41) is 11.6. The molecular formula is C23H35ClN2O3. The summed E-state index contributed by atoms with van der Waals surface area (Å²) in [5.41, 5.74) is 0.180. The molecule has 1 N–H and O–H groups in total. The van der Waals surface area contributed by atoms with Crippen LogP contribution in [-0.4, -0.2) is 64.7 Å². The number of carbonyl (C=O) groups excluding carboxylic acids is 1. The number of halogens is 1. The molecule has 0 radical (unpaired) electrons. The van der Waals surface area contributed by atoms with Crippen LogP contribution in [0.5, 0.6) is 5.75 Å². The van der Waals surface area contributed by atoms with Gasteiger partial charge in [0.25, 0.3) is 0 Å². The highest BCUT2D eigenvalue weighted by atomic mass is 35.5. The summed E-state index contributed by atoms with van der Waals surface area (Å²) in [5.74, 6) is 0.836. The number of carbonyl (C=O) groups is 1. The molecule has 0 spiro atoms. The van der Waals surface area contributed by atoms with Crippen LogP contribution in [0.1, 0.15) is 57.9 Å². The Bertz CT molecular complexity index is 703. The van der Waals surface area contributed by atoms with E-state index in [1.165, 1.54) is 6.42 Å². The van der Waals surface area contributed by atoms with E-state index in [0.717, 1.165) is 31.4 Å². The van der Waals surface area contributed by atoms with E-state index in [1.807, 2.05) is 25.1 Å². The first-order valence-electron chi connectivity index (χ1n) is 10.9. The van der Waals surface area contributed by atoms with Gasteiger partial charge in [0.1, 0.15) is 12.4 Å². The number of aryl methyl sites for hydroxylation is 1. The summed E-state index contributed by atoms with van der Waals surface area (Å²) in [6.45, 7) is 8.49. The summed E-state index contributed by atoms with van der Waals surface area (Å²) in [7, 11) is 0. The standard InChI is InChI=1S/C23H35ClN2O3/c1-17-8-9-20(24)21(14-17)29-16-23(28)10-5-12-25(13-11-23)15-22(27)26-18(2)6-4-7-19(26)3/h8-9,14,18-19,28H,4-7,10-13,15-16H2,1-3H3. The van der Waals surface area contributed by atoms with Crippen LogP contribution in [0.3, 0.4) is 0 Å². The Morgan fingerprint density at radius 3 is 2.66 bits per heavy atom. The minimum absolute atomic E-state index is 0.220. The molecule has 1 amide bonds. The number of ether oxygens (including phenoxy) is 1. The van der Waals surface area contributed by atoms with Gasteiger partial charge in [-0.3, -0.25) is 9.69 Å². The molecule has 0 saturated carbocycles. The van der Waals surface area contributed by atoms with Crippen molar-refractivity contribution in [1.82, 2.24) is 9.80 Å². The highest BCUT2D eigenvalue weighted by Crippen LogP contribution is 2.29. The number of nitrogens with zero attached hydrogens (tertiary/aromatic N) is 2. The third-order valence-electron chi connectivity index (χ3n) is 6.43. The zero-order valence-electron chi connectivity index (χ0n) is 18.0. The minimum Gasteiger partial charge on any atom is -0.489 e. The van der Waals surface area contributed by atoms with Gasteiger partial charge in [-0.15, -0.1) is 0 Å². The molecule has 1 aromatic rings. The van der Waals surface area contributed by atoms with Crippen molar-refractivity contribution in [3.05, 3.63) is 28.8 Å². The molecule has 1 aromatic carbocycles. The van der Waals surface area contributed by atoms with Crippen molar-refractivity contribution in [2.45, 2.75) is 77.0 Å². The van der Waals surface area contributed by atoms with Gasteiger partial charge in [0.15, 0.2) is 0 Å². The van der Waals surface area contributed by atoms with Gasteiger partial charge in [0, 0.05) is 18.6 Å². The highest BCUT2D eigenvalue weighted by molar-refractivity contribution is 6.32. The number of rotatable bonds is 5. The lowest BCUT2D eigenvalue weighted by molar-refractivity contribution is -0.138. The maximum Gasteiger partial charge on any atom is 0.237 e. The zero-order valence-corrected chi connectivity index (χ0v) is 18.7. The number of piperidine rings is 1. The first kappa shape index (κ1) is 22.4. The van der Waals surface area contributed by atoms with E-state index in [-0.39, 0.29) is 12.5 Å². The molecule has 2 heterocycles. The topological polar surface area (TPSA) is 53.0 Å². The first-order chi connectivity index (χ1) is 13.8. The maximum atomic E-state index is 12.9. The van der Waals surface area contributed by atoms with E-state index in [2.05, 4.69) is 23.6 Å². The third kappa shape index (κ3) is 5.87. The molecule has 0 aromatic heterocycles. The summed E-state index contributed by atoms with van der Waals surface area (Å²) in [6.07, 6.45) is 5.49. The van der Waals surface area contributed by atoms with Gasteiger partial charge in [0.05, 0.1) is 17.2 Å². The molecule has 162 valence electrons. The molecule has 2 fully saturated rings. The number of likely N-dealkylation sites (tertiary alicyclic amines) is 2. The van der Waals surface area contributed by atoms with Crippen molar-refractivity contribution in [3.63, 3.8) is 0 Å².